The zero-order valence-electron chi connectivity index (χ0n) is 12.3. The first-order valence-corrected chi connectivity index (χ1v) is 7.69. The lowest BCUT2D eigenvalue weighted by atomic mass is 10.1. The second kappa shape index (κ2) is 5.83. The SMILES string of the molecule is COc1ccc(Cl)cc1NC(=O)C[N+]12CCN(CC1)CC2. The van der Waals surface area contributed by atoms with Gasteiger partial charge in [0.1, 0.15) is 5.75 Å². The number of anilines is 1. The van der Waals surface area contributed by atoms with Crippen LogP contribution in [0.1, 0.15) is 0 Å². The van der Waals surface area contributed by atoms with Crippen molar-refractivity contribution in [2.45, 2.75) is 0 Å². The quantitative estimate of drug-likeness (QED) is 0.856. The van der Waals surface area contributed by atoms with Crippen molar-refractivity contribution in [2.75, 3.05) is 58.2 Å². The fraction of sp³-hybridized carbons (Fsp3) is 0.533. The van der Waals surface area contributed by atoms with Crippen LogP contribution in [0.15, 0.2) is 18.2 Å². The van der Waals surface area contributed by atoms with Crippen molar-refractivity contribution in [3.63, 3.8) is 0 Å². The molecule has 1 amide bonds. The van der Waals surface area contributed by atoms with Crippen LogP contribution in [-0.4, -0.2) is 68.2 Å². The van der Waals surface area contributed by atoms with Crippen LogP contribution in [0.2, 0.25) is 5.02 Å². The van der Waals surface area contributed by atoms with Gasteiger partial charge >= 0.3 is 0 Å². The van der Waals surface area contributed by atoms with E-state index in [1.165, 1.54) is 0 Å². The molecule has 1 N–H and O–H groups in total. The zero-order valence-corrected chi connectivity index (χ0v) is 13.0. The van der Waals surface area contributed by atoms with E-state index in [0.717, 1.165) is 43.8 Å². The summed E-state index contributed by atoms with van der Waals surface area (Å²) in [6.07, 6.45) is 0. The van der Waals surface area contributed by atoms with Gasteiger partial charge in [-0.3, -0.25) is 9.69 Å². The Balaban J connectivity index is 1.68. The Hall–Kier alpha value is -1.30. The van der Waals surface area contributed by atoms with Crippen LogP contribution >= 0.6 is 11.6 Å². The number of carbonyl (C=O) groups is 1. The number of ether oxygens (including phenoxy) is 1. The van der Waals surface area contributed by atoms with Crippen molar-refractivity contribution in [3.8, 4) is 5.75 Å². The molecule has 114 valence electrons. The Morgan fingerprint density at radius 2 is 2.00 bits per heavy atom. The molecule has 0 unspecified atom stereocenters. The van der Waals surface area contributed by atoms with Crippen LogP contribution in [0.3, 0.4) is 0 Å². The molecular weight excluding hydrogens is 290 g/mol. The maximum atomic E-state index is 12.4. The van der Waals surface area contributed by atoms with Gasteiger partial charge in [-0.25, -0.2) is 0 Å². The van der Waals surface area contributed by atoms with E-state index in [1.807, 2.05) is 0 Å². The van der Waals surface area contributed by atoms with E-state index in [0.29, 0.717) is 23.0 Å². The van der Waals surface area contributed by atoms with E-state index in [4.69, 9.17) is 16.3 Å². The first kappa shape index (κ1) is 14.6. The van der Waals surface area contributed by atoms with Crippen LogP contribution in [0.5, 0.6) is 5.75 Å². The maximum Gasteiger partial charge on any atom is 0.279 e. The number of carbonyl (C=O) groups excluding carboxylic acids is 1. The summed E-state index contributed by atoms with van der Waals surface area (Å²) in [7, 11) is 1.59. The molecule has 1 aromatic rings. The van der Waals surface area contributed by atoms with Gasteiger partial charge < -0.3 is 14.5 Å². The van der Waals surface area contributed by atoms with Crippen molar-refractivity contribution in [2.24, 2.45) is 0 Å². The third-order valence-corrected chi connectivity index (χ3v) is 4.82. The molecule has 4 rings (SSSR count). The van der Waals surface area contributed by atoms with Crippen molar-refractivity contribution < 1.29 is 14.0 Å². The minimum atomic E-state index is 0.0333. The van der Waals surface area contributed by atoms with Crippen LogP contribution in [0.25, 0.3) is 0 Å². The number of quaternary nitrogens is 1. The van der Waals surface area contributed by atoms with E-state index in [-0.39, 0.29) is 5.91 Å². The number of rotatable bonds is 4. The lowest BCUT2D eigenvalue weighted by molar-refractivity contribution is -0.933. The van der Waals surface area contributed by atoms with Gasteiger partial charge in [-0.05, 0) is 18.2 Å². The summed E-state index contributed by atoms with van der Waals surface area (Å²) in [5, 5.41) is 3.54. The van der Waals surface area contributed by atoms with E-state index < -0.39 is 0 Å². The van der Waals surface area contributed by atoms with Crippen molar-refractivity contribution in [3.05, 3.63) is 23.2 Å². The summed E-state index contributed by atoms with van der Waals surface area (Å²) in [6.45, 7) is 7.05. The number of nitrogens with one attached hydrogen (secondary N) is 1. The molecule has 0 aromatic heterocycles. The minimum Gasteiger partial charge on any atom is -0.495 e. The van der Waals surface area contributed by atoms with E-state index in [2.05, 4.69) is 10.2 Å². The number of piperazine rings is 3. The molecule has 0 spiro atoms. The number of benzene rings is 1. The smallest absolute Gasteiger partial charge is 0.279 e. The number of nitrogens with zero attached hydrogens (tertiary/aromatic N) is 2. The van der Waals surface area contributed by atoms with Gasteiger partial charge in [-0.2, -0.15) is 0 Å². The van der Waals surface area contributed by atoms with Gasteiger partial charge in [0, 0.05) is 24.7 Å². The third-order valence-electron chi connectivity index (χ3n) is 4.59. The second-order valence-corrected chi connectivity index (χ2v) is 6.34. The highest BCUT2D eigenvalue weighted by Gasteiger charge is 2.39. The molecule has 3 heterocycles. The molecule has 21 heavy (non-hydrogen) atoms. The molecular formula is C15H21ClN3O2+. The molecule has 5 nitrogen and oxygen atoms in total. The van der Waals surface area contributed by atoms with E-state index in [1.54, 1.807) is 25.3 Å². The fourth-order valence-electron chi connectivity index (χ4n) is 3.24. The summed E-state index contributed by atoms with van der Waals surface area (Å²) in [5.41, 5.74) is 0.642. The van der Waals surface area contributed by atoms with Crippen molar-refractivity contribution in [1.82, 2.24) is 4.90 Å². The first-order valence-electron chi connectivity index (χ1n) is 7.31. The topological polar surface area (TPSA) is 41.6 Å². The van der Waals surface area contributed by atoms with Crippen molar-refractivity contribution in [1.29, 1.82) is 0 Å². The summed E-state index contributed by atoms with van der Waals surface area (Å²) in [6, 6.07) is 5.25. The Bertz CT molecular complexity index is 528. The number of hydrogen-bond donors (Lipinski definition) is 1. The summed E-state index contributed by atoms with van der Waals surface area (Å²) < 4.78 is 6.17. The second-order valence-electron chi connectivity index (χ2n) is 5.90. The molecule has 3 aliphatic heterocycles. The lowest BCUT2D eigenvalue weighted by Gasteiger charge is -2.50. The predicted molar refractivity (Wildman–Crippen MR) is 82.8 cm³/mol. The number of hydrogen-bond acceptors (Lipinski definition) is 3. The molecule has 0 radical (unpaired) electrons. The molecule has 2 bridgehead atoms. The highest BCUT2D eigenvalue weighted by molar-refractivity contribution is 6.31. The average Bonchev–Trinajstić information content (AvgIpc) is 2.48. The number of methoxy groups -OCH3 is 1. The fourth-order valence-corrected chi connectivity index (χ4v) is 3.41. The van der Waals surface area contributed by atoms with Crippen LogP contribution in [0.4, 0.5) is 5.69 Å². The molecule has 6 heteroatoms. The number of amides is 1. The molecule has 0 saturated carbocycles. The average molecular weight is 311 g/mol. The molecule has 0 atom stereocenters. The van der Waals surface area contributed by atoms with Crippen molar-refractivity contribution >= 4 is 23.2 Å². The van der Waals surface area contributed by atoms with Gasteiger partial charge in [-0.1, -0.05) is 11.6 Å². The first-order chi connectivity index (χ1) is 10.1. The van der Waals surface area contributed by atoms with E-state index in [9.17, 15) is 4.79 Å². The van der Waals surface area contributed by atoms with Crippen LogP contribution in [-0.2, 0) is 4.79 Å². The minimum absolute atomic E-state index is 0.0333. The molecule has 1 aromatic carbocycles. The Labute approximate surface area is 130 Å². The monoisotopic (exact) mass is 310 g/mol. The Morgan fingerprint density at radius 1 is 1.33 bits per heavy atom. The normalized spacial score (nSPS) is 27.4. The van der Waals surface area contributed by atoms with Gasteiger partial charge in [0.15, 0.2) is 6.54 Å². The number of fused-ring (bicyclic) bond motifs is 3. The summed E-state index contributed by atoms with van der Waals surface area (Å²) in [5.74, 6) is 0.669. The molecule has 3 saturated heterocycles. The van der Waals surface area contributed by atoms with Crippen LogP contribution < -0.4 is 10.1 Å². The number of halogens is 1. The lowest BCUT2D eigenvalue weighted by Crippen LogP contribution is -2.68. The highest BCUT2D eigenvalue weighted by atomic mass is 35.5. The van der Waals surface area contributed by atoms with Gasteiger partial charge in [0.25, 0.3) is 5.91 Å². The Morgan fingerprint density at radius 3 is 2.62 bits per heavy atom. The molecule has 3 aliphatic rings. The van der Waals surface area contributed by atoms with Gasteiger partial charge in [-0.15, -0.1) is 0 Å². The Kier molecular flexibility index (Phi) is 4.06. The molecule has 3 fully saturated rings. The predicted octanol–water partition coefficient (Wildman–Crippen LogP) is 1.43. The summed E-state index contributed by atoms with van der Waals surface area (Å²) >= 11 is 5.99. The maximum absolute atomic E-state index is 12.4. The largest absolute Gasteiger partial charge is 0.495 e. The summed E-state index contributed by atoms with van der Waals surface area (Å²) in [4.78, 5) is 14.9. The van der Waals surface area contributed by atoms with E-state index >= 15 is 0 Å². The van der Waals surface area contributed by atoms with Crippen LogP contribution in [0, 0.1) is 0 Å². The standard InChI is InChI=1S/C15H20ClN3O2/c1-21-14-3-2-12(16)10-13(14)17-15(20)11-19-7-4-18(5-8-19)6-9-19/h2-3,10H,4-9,11H2,1H3/p+1. The molecule has 0 aliphatic carbocycles. The zero-order chi connectivity index (χ0) is 14.9. The highest BCUT2D eigenvalue weighted by Crippen LogP contribution is 2.28. The third kappa shape index (κ3) is 3.15. The van der Waals surface area contributed by atoms with Gasteiger partial charge in [0.2, 0.25) is 0 Å². The van der Waals surface area contributed by atoms with Gasteiger partial charge in [0.05, 0.1) is 32.4 Å².